The van der Waals surface area contributed by atoms with Crippen LogP contribution in [0.2, 0.25) is 0 Å². The van der Waals surface area contributed by atoms with E-state index in [0.29, 0.717) is 32.5 Å². The minimum absolute atomic E-state index is 0.0773. The molecule has 2 fully saturated rings. The van der Waals surface area contributed by atoms with Gasteiger partial charge in [-0.2, -0.15) is 0 Å². The van der Waals surface area contributed by atoms with Gasteiger partial charge < -0.3 is 5.32 Å². The monoisotopic (exact) mass is 414 g/mol. The molecule has 0 aromatic heterocycles. The number of nitrogens with one attached hydrogen (secondary N) is 1. The Bertz CT molecular complexity index is 856. The smallest absolute Gasteiger partial charge is 0.221 e. The standard InChI is InChI=1S/C18H26N2O5S2/c21-18(10-13-26(22,23)16-4-2-1-3-5-16)19-14-15-8-11-20(12-9-15)27(24,25)17-6-7-17/h1-5,15,17H,6-14H2,(H,19,21). The molecule has 27 heavy (non-hydrogen) atoms. The summed E-state index contributed by atoms with van der Waals surface area (Å²) in [5, 5.41) is 2.61. The molecule has 1 amide bonds. The highest BCUT2D eigenvalue weighted by atomic mass is 32.2. The van der Waals surface area contributed by atoms with E-state index in [1.54, 1.807) is 22.5 Å². The maximum Gasteiger partial charge on any atom is 0.221 e. The first-order valence-electron chi connectivity index (χ1n) is 9.32. The van der Waals surface area contributed by atoms with Crippen molar-refractivity contribution in [1.29, 1.82) is 0 Å². The van der Waals surface area contributed by atoms with Gasteiger partial charge in [-0.3, -0.25) is 4.79 Å². The number of hydrogen-bond acceptors (Lipinski definition) is 5. The molecule has 1 N–H and O–H groups in total. The zero-order valence-corrected chi connectivity index (χ0v) is 16.8. The van der Waals surface area contributed by atoms with Crippen molar-refractivity contribution in [2.24, 2.45) is 5.92 Å². The molecular formula is C18H26N2O5S2. The first-order chi connectivity index (χ1) is 12.8. The number of benzene rings is 1. The summed E-state index contributed by atoms with van der Waals surface area (Å²) < 4.78 is 50.4. The fraction of sp³-hybridized carbons (Fsp3) is 0.611. The first-order valence-corrected chi connectivity index (χ1v) is 12.5. The van der Waals surface area contributed by atoms with Crippen LogP contribution in [-0.4, -0.2) is 57.7 Å². The molecule has 7 nitrogen and oxygen atoms in total. The van der Waals surface area contributed by atoms with Crippen LogP contribution < -0.4 is 5.32 Å². The van der Waals surface area contributed by atoms with Crippen LogP contribution in [-0.2, 0) is 24.7 Å². The zero-order valence-electron chi connectivity index (χ0n) is 15.2. The van der Waals surface area contributed by atoms with Crippen LogP contribution in [0.3, 0.4) is 0 Å². The van der Waals surface area contributed by atoms with Crippen LogP contribution in [0.1, 0.15) is 32.1 Å². The molecular weight excluding hydrogens is 388 g/mol. The summed E-state index contributed by atoms with van der Waals surface area (Å²) in [4.78, 5) is 12.2. The maximum atomic E-state index is 12.2. The van der Waals surface area contributed by atoms with E-state index in [0.717, 1.165) is 12.8 Å². The molecule has 1 aromatic rings. The second-order valence-corrected chi connectivity index (χ2v) is 11.6. The third-order valence-corrected chi connectivity index (χ3v) is 9.30. The Kier molecular flexibility index (Phi) is 6.22. The summed E-state index contributed by atoms with van der Waals surface area (Å²) in [5.41, 5.74) is 0. The van der Waals surface area contributed by atoms with Crippen LogP contribution in [0.15, 0.2) is 35.2 Å². The molecule has 0 bridgehead atoms. The number of rotatable bonds is 8. The Hall–Kier alpha value is -1.45. The Morgan fingerprint density at radius 1 is 1.00 bits per heavy atom. The second kappa shape index (κ2) is 8.28. The minimum atomic E-state index is -3.46. The molecule has 2 aliphatic rings. The molecule has 1 aliphatic heterocycles. The number of nitrogens with zero attached hydrogens (tertiary/aromatic N) is 1. The predicted octanol–water partition coefficient (Wildman–Crippen LogP) is 1.17. The van der Waals surface area contributed by atoms with Gasteiger partial charge in [-0.15, -0.1) is 0 Å². The SMILES string of the molecule is O=C(CCS(=O)(=O)c1ccccc1)NCC1CCN(S(=O)(=O)C2CC2)CC1. The third kappa shape index (κ3) is 5.30. The normalized spacial score (nSPS) is 19.7. The summed E-state index contributed by atoms with van der Waals surface area (Å²) in [5.74, 6) is -0.283. The lowest BCUT2D eigenvalue weighted by Crippen LogP contribution is -2.42. The van der Waals surface area contributed by atoms with E-state index in [4.69, 9.17) is 0 Å². The topological polar surface area (TPSA) is 101 Å². The lowest BCUT2D eigenvalue weighted by molar-refractivity contribution is -0.120. The first kappa shape index (κ1) is 20.3. The van der Waals surface area contributed by atoms with Crippen molar-refractivity contribution < 1.29 is 21.6 Å². The van der Waals surface area contributed by atoms with Crippen LogP contribution in [0.5, 0.6) is 0 Å². The molecule has 150 valence electrons. The highest BCUT2D eigenvalue weighted by Gasteiger charge is 2.41. The van der Waals surface area contributed by atoms with Gasteiger partial charge >= 0.3 is 0 Å². The average Bonchev–Trinajstić information content (AvgIpc) is 3.52. The molecule has 0 atom stereocenters. The van der Waals surface area contributed by atoms with E-state index in [1.807, 2.05) is 0 Å². The van der Waals surface area contributed by atoms with E-state index >= 15 is 0 Å². The van der Waals surface area contributed by atoms with E-state index in [-0.39, 0.29) is 34.1 Å². The summed E-state index contributed by atoms with van der Waals surface area (Å²) in [6.45, 7) is 1.46. The number of piperidine rings is 1. The van der Waals surface area contributed by atoms with Crippen molar-refractivity contribution >= 4 is 25.8 Å². The number of sulfone groups is 1. The van der Waals surface area contributed by atoms with Gasteiger partial charge in [0.25, 0.3) is 0 Å². The average molecular weight is 415 g/mol. The van der Waals surface area contributed by atoms with Gasteiger partial charge in [-0.1, -0.05) is 18.2 Å². The fourth-order valence-corrected chi connectivity index (χ4v) is 6.40. The third-order valence-electron chi connectivity index (χ3n) is 5.17. The van der Waals surface area contributed by atoms with Gasteiger partial charge in [-0.05, 0) is 43.7 Å². The van der Waals surface area contributed by atoms with Crippen molar-refractivity contribution in [1.82, 2.24) is 9.62 Å². The molecule has 1 heterocycles. The second-order valence-electron chi connectivity index (χ2n) is 7.27. The van der Waals surface area contributed by atoms with E-state index in [9.17, 15) is 21.6 Å². The molecule has 0 radical (unpaired) electrons. The van der Waals surface area contributed by atoms with Crippen molar-refractivity contribution in [3.05, 3.63) is 30.3 Å². The van der Waals surface area contributed by atoms with Gasteiger partial charge in [-0.25, -0.2) is 21.1 Å². The van der Waals surface area contributed by atoms with Crippen molar-refractivity contribution in [2.75, 3.05) is 25.4 Å². The number of carbonyl (C=O) groups is 1. The van der Waals surface area contributed by atoms with Gasteiger partial charge in [0.05, 0.1) is 15.9 Å². The summed E-state index contributed by atoms with van der Waals surface area (Å²) in [6, 6.07) is 8.10. The van der Waals surface area contributed by atoms with E-state index in [2.05, 4.69) is 5.32 Å². The Morgan fingerprint density at radius 3 is 2.22 bits per heavy atom. The number of sulfonamides is 1. The van der Waals surface area contributed by atoms with Crippen LogP contribution in [0, 0.1) is 5.92 Å². The molecule has 1 saturated heterocycles. The largest absolute Gasteiger partial charge is 0.356 e. The van der Waals surface area contributed by atoms with Gasteiger partial charge in [0.2, 0.25) is 15.9 Å². The highest BCUT2D eigenvalue weighted by molar-refractivity contribution is 7.91. The van der Waals surface area contributed by atoms with Crippen LogP contribution >= 0.6 is 0 Å². The molecule has 0 spiro atoms. The molecule has 3 rings (SSSR count). The van der Waals surface area contributed by atoms with Gasteiger partial charge in [0.15, 0.2) is 9.84 Å². The number of carbonyl (C=O) groups excluding carboxylic acids is 1. The van der Waals surface area contributed by atoms with Crippen molar-refractivity contribution in [3.63, 3.8) is 0 Å². The summed E-state index contributed by atoms with van der Waals surface area (Å²) in [6.07, 6.45) is 2.89. The molecule has 1 aliphatic carbocycles. The van der Waals surface area contributed by atoms with E-state index in [1.165, 1.54) is 12.1 Å². The zero-order chi connectivity index (χ0) is 19.5. The number of hydrogen-bond donors (Lipinski definition) is 1. The molecule has 0 unspecified atom stereocenters. The van der Waals surface area contributed by atoms with Gasteiger partial charge in [0, 0.05) is 26.1 Å². The fourth-order valence-electron chi connectivity index (χ4n) is 3.26. The quantitative estimate of drug-likeness (QED) is 0.688. The Balaban J connectivity index is 1.39. The maximum absolute atomic E-state index is 12.2. The summed E-state index contributed by atoms with van der Waals surface area (Å²) in [7, 11) is -6.57. The Morgan fingerprint density at radius 2 is 1.63 bits per heavy atom. The van der Waals surface area contributed by atoms with Crippen LogP contribution in [0.4, 0.5) is 0 Å². The Labute approximate surface area is 161 Å². The van der Waals surface area contributed by atoms with Crippen molar-refractivity contribution in [2.45, 2.75) is 42.2 Å². The van der Waals surface area contributed by atoms with Crippen LogP contribution in [0.25, 0.3) is 0 Å². The molecule has 9 heteroatoms. The highest BCUT2D eigenvalue weighted by Crippen LogP contribution is 2.33. The summed E-state index contributed by atoms with van der Waals surface area (Å²) >= 11 is 0. The van der Waals surface area contributed by atoms with Gasteiger partial charge in [0.1, 0.15) is 0 Å². The number of amides is 1. The predicted molar refractivity (Wildman–Crippen MR) is 102 cm³/mol. The molecule has 1 saturated carbocycles. The lowest BCUT2D eigenvalue weighted by atomic mass is 9.98. The van der Waals surface area contributed by atoms with E-state index < -0.39 is 19.9 Å². The molecule has 1 aromatic carbocycles. The lowest BCUT2D eigenvalue weighted by Gasteiger charge is -2.31. The van der Waals surface area contributed by atoms with Crippen molar-refractivity contribution in [3.8, 4) is 0 Å². The minimum Gasteiger partial charge on any atom is -0.356 e.